The van der Waals surface area contributed by atoms with Gasteiger partial charge in [0.05, 0.1) is 26.8 Å². The predicted octanol–water partition coefficient (Wildman–Crippen LogP) is 2.90. The van der Waals surface area contributed by atoms with Crippen LogP contribution in [0, 0.1) is 13.8 Å². The average Bonchev–Trinajstić information content (AvgIpc) is 2.81. The third-order valence-corrected chi connectivity index (χ3v) is 6.10. The van der Waals surface area contributed by atoms with Crippen LogP contribution in [-0.4, -0.2) is 74.6 Å². The second kappa shape index (κ2) is 11.2. The molecule has 2 amide bonds. The molecule has 0 spiro atoms. The molecule has 2 aromatic carbocycles. The van der Waals surface area contributed by atoms with Crippen LogP contribution in [0.4, 0.5) is 11.4 Å². The highest BCUT2D eigenvalue weighted by Gasteiger charge is 2.26. The summed E-state index contributed by atoms with van der Waals surface area (Å²) in [7, 11) is 3.14. The van der Waals surface area contributed by atoms with Crippen LogP contribution in [0.25, 0.3) is 0 Å². The van der Waals surface area contributed by atoms with E-state index in [9.17, 15) is 9.59 Å². The molecule has 1 aliphatic heterocycles. The van der Waals surface area contributed by atoms with Gasteiger partial charge in [0.25, 0.3) is 0 Å². The smallest absolute Gasteiger partial charge is 0.241 e. The summed E-state index contributed by atoms with van der Waals surface area (Å²) in [6, 6.07) is 11.0. The van der Waals surface area contributed by atoms with E-state index in [4.69, 9.17) is 9.47 Å². The van der Waals surface area contributed by atoms with E-state index in [1.54, 1.807) is 32.4 Å². The molecule has 8 nitrogen and oxygen atoms in total. The number of rotatable bonds is 8. The Labute approximate surface area is 195 Å². The number of aryl methyl sites for hydroxylation is 2. The fourth-order valence-electron chi connectivity index (χ4n) is 4.03. The molecular weight excluding hydrogens is 420 g/mol. The first-order chi connectivity index (χ1) is 15.8. The maximum atomic E-state index is 12.8. The van der Waals surface area contributed by atoms with Gasteiger partial charge in [-0.15, -0.1) is 0 Å². The number of piperazine rings is 1. The molecule has 8 heteroatoms. The summed E-state index contributed by atoms with van der Waals surface area (Å²) in [4.78, 5) is 29.6. The van der Waals surface area contributed by atoms with Crippen molar-refractivity contribution >= 4 is 23.2 Å². The number of para-hydroxylation sites is 1. The lowest BCUT2D eigenvalue weighted by molar-refractivity contribution is -0.122. The molecule has 1 unspecified atom stereocenters. The first kappa shape index (κ1) is 24.5. The summed E-state index contributed by atoms with van der Waals surface area (Å²) in [6.07, 6.45) is 0. The molecule has 178 valence electrons. The zero-order valence-electron chi connectivity index (χ0n) is 20.1. The van der Waals surface area contributed by atoms with Gasteiger partial charge >= 0.3 is 0 Å². The van der Waals surface area contributed by atoms with Crippen molar-refractivity contribution in [1.29, 1.82) is 0 Å². The summed E-state index contributed by atoms with van der Waals surface area (Å²) in [5, 5.41) is 6.00. The molecule has 33 heavy (non-hydrogen) atoms. The van der Waals surface area contributed by atoms with Gasteiger partial charge in [-0.2, -0.15) is 0 Å². The SMILES string of the molecule is COc1ccc(NC(=O)C(C)N2CCN(CC(=O)Nc3c(C)cccc3C)CC2)cc1OC. The van der Waals surface area contributed by atoms with Crippen molar-refractivity contribution in [1.82, 2.24) is 9.80 Å². The minimum Gasteiger partial charge on any atom is -0.493 e. The largest absolute Gasteiger partial charge is 0.493 e. The van der Waals surface area contributed by atoms with Crippen LogP contribution in [-0.2, 0) is 9.59 Å². The topological polar surface area (TPSA) is 83.1 Å². The number of anilines is 2. The van der Waals surface area contributed by atoms with E-state index in [-0.39, 0.29) is 17.9 Å². The molecule has 3 rings (SSSR count). The van der Waals surface area contributed by atoms with Gasteiger partial charge in [-0.1, -0.05) is 18.2 Å². The number of carbonyl (C=O) groups excluding carboxylic acids is 2. The van der Waals surface area contributed by atoms with Crippen LogP contribution < -0.4 is 20.1 Å². The van der Waals surface area contributed by atoms with Crippen LogP contribution in [0.3, 0.4) is 0 Å². The fourth-order valence-corrected chi connectivity index (χ4v) is 4.03. The summed E-state index contributed by atoms with van der Waals surface area (Å²) in [6.45, 7) is 9.13. The van der Waals surface area contributed by atoms with E-state index >= 15 is 0 Å². The maximum Gasteiger partial charge on any atom is 0.241 e. The van der Waals surface area contributed by atoms with E-state index in [0.29, 0.717) is 23.7 Å². The molecule has 1 saturated heterocycles. The normalized spacial score (nSPS) is 15.5. The Morgan fingerprint density at radius 1 is 0.939 bits per heavy atom. The minimum atomic E-state index is -0.288. The summed E-state index contributed by atoms with van der Waals surface area (Å²) < 4.78 is 10.5. The number of nitrogens with one attached hydrogen (secondary N) is 2. The molecule has 2 N–H and O–H groups in total. The highest BCUT2D eigenvalue weighted by Crippen LogP contribution is 2.30. The average molecular weight is 455 g/mol. The predicted molar refractivity (Wildman–Crippen MR) is 130 cm³/mol. The van der Waals surface area contributed by atoms with Crippen LogP contribution in [0.2, 0.25) is 0 Å². The lowest BCUT2D eigenvalue weighted by atomic mass is 10.1. The minimum absolute atomic E-state index is 0.0138. The van der Waals surface area contributed by atoms with Crippen molar-refractivity contribution < 1.29 is 19.1 Å². The summed E-state index contributed by atoms with van der Waals surface area (Å²) in [5.74, 6) is 1.08. The Morgan fingerprint density at radius 2 is 1.58 bits per heavy atom. The maximum absolute atomic E-state index is 12.8. The van der Waals surface area contributed by atoms with Gasteiger partial charge in [0.15, 0.2) is 11.5 Å². The van der Waals surface area contributed by atoms with Crippen molar-refractivity contribution in [3.05, 3.63) is 47.5 Å². The van der Waals surface area contributed by atoms with Gasteiger partial charge < -0.3 is 20.1 Å². The molecule has 0 saturated carbocycles. The summed E-state index contributed by atoms with van der Waals surface area (Å²) >= 11 is 0. The van der Waals surface area contributed by atoms with Crippen LogP contribution >= 0.6 is 0 Å². The first-order valence-electron chi connectivity index (χ1n) is 11.2. The number of methoxy groups -OCH3 is 2. The molecule has 1 aliphatic rings. The molecule has 1 heterocycles. The lowest BCUT2D eigenvalue weighted by Gasteiger charge is -2.37. The highest BCUT2D eigenvalue weighted by atomic mass is 16.5. The van der Waals surface area contributed by atoms with Crippen molar-refractivity contribution in [2.24, 2.45) is 0 Å². The molecule has 2 aromatic rings. The molecule has 0 aromatic heterocycles. The number of nitrogens with zero attached hydrogens (tertiary/aromatic N) is 2. The Kier molecular flexibility index (Phi) is 8.30. The van der Waals surface area contributed by atoms with E-state index in [1.807, 2.05) is 39.0 Å². The highest BCUT2D eigenvalue weighted by molar-refractivity contribution is 5.95. The quantitative estimate of drug-likeness (QED) is 0.638. The Balaban J connectivity index is 1.49. The van der Waals surface area contributed by atoms with Crippen molar-refractivity contribution in [2.75, 3.05) is 57.6 Å². The molecule has 0 aliphatic carbocycles. The van der Waals surface area contributed by atoms with Crippen LogP contribution in [0.1, 0.15) is 18.1 Å². The summed E-state index contributed by atoms with van der Waals surface area (Å²) in [5.41, 5.74) is 3.66. The molecular formula is C25H34N4O4. The van der Waals surface area contributed by atoms with Gasteiger partial charge in [-0.05, 0) is 44.0 Å². The zero-order valence-corrected chi connectivity index (χ0v) is 20.1. The number of carbonyl (C=O) groups is 2. The van der Waals surface area contributed by atoms with Crippen LogP contribution in [0.5, 0.6) is 11.5 Å². The second-order valence-electron chi connectivity index (χ2n) is 8.36. The number of hydrogen-bond acceptors (Lipinski definition) is 6. The van der Waals surface area contributed by atoms with E-state index in [1.165, 1.54) is 0 Å². The molecule has 0 radical (unpaired) electrons. The van der Waals surface area contributed by atoms with Gasteiger partial charge in [-0.3, -0.25) is 19.4 Å². The van der Waals surface area contributed by atoms with E-state index < -0.39 is 0 Å². The second-order valence-corrected chi connectivity index (χ2v) is 8.36. The zero-order chi connectivity index (χ0) is 24.0. The van der Waals surface area contributed by atoms with Crippen molar-refractivity contribution in [2.45, 2.75) is 26.8 Å². The van der Waals surface area contributed by atoms with Gasteiger partial charge in [0.2, 0.25) is 11.8 Å². The van der Waals surface area contributed by atoms with Gasteiger partial charge in [0.1, 0.15) is 0 Å². The Bertz CT molecular complexity index is 966. The van der Waals surface area contributed by atoms with Crippen molar-refractivity contribution in [3.63, 3.8) is 0 Å². The number of benzene rings is 2. The third-order valence-electron chi connectivity index (χ3n) is 6.10. The fraction of sp³-hybridized carbons (Fsp3) is 0.440. The first-order valence-corrected chi connectivity index (χ1v) is 11.2. The van der Waals surface area contributed by atoms with E-state index in [0.717, 1.165) is 43.0 Å². The van der Waals surface area contributed by atoms with Gasteiger partial charge in [0, 0.05) is 43.6 Å². The van der Waals surface area contributed by atoms with E-state index in [2.05, 4.69) is 20.4 Å². The Hall–Kier alpha value is -3.10. The Morgan fingerprint density at radius 3 is 2.18 bits per heavy atom. The number of amides is 2. The third kappa shape index (κ3) is 6.24. The lowest BCUT2D eigenvalue weighted by Crippen LogP contribution is -2.53. The van der Waals surface area contributed by atoms with Crippen LogP contribution in [0.15, 0.2) is 36.4 Å². The number of hydrogen-bond donors (Lipinski definition) is 2. The van der Waals surface area contributed by atoms with Gasteiger partial charge in [-0.25, -0.2) is 0 Å². The molecule has 1 fully saturated rings. The standard InChI is InChI=1S/C25H34N4O4/c1-17-7-6-8-18(2)24(17)27-23(30)16-28-11-13-29(14-12-28)19(3)25(31)26-20-9-10-21(32-4)22(15-20)33-5/h6-10,15,19H,11-14,16H2,1-5H3,(H,26,31)(H,27,30). The number of ether oxygens (including phenoxy) is 2. The monoisotopic (exact) mass is 454 g/mol. The molecule has 1 atom stereocenters. The van der Waals surface area contributed by atoms with Crippen molar-refractivity contribution in [3.8, 4) is 11.5 Å². The molecule has 0 bridgehead atoms.